The average molecular weight is 508 g/mol. The molecule has 116 valence electrons. The summed E-state index contributed by atoms with van der Waals surface area (Å²) >= 11 is 58.2. The van der Waals surface area contributed by atoms with Crippen LogP contribution in [0.15, 0.2) is 0 Å². The van der Waals surface area contributed by atoms with Gasteiger partial charge in [0.15, 0.2) is 12.9 Å². The van der Waals surface area contributed by atoms with Gasteiger partial charge in [-0.1, -0.05) is 139 Å². The number of aliphatic hydroxyl groups is 1. The highest BCUT2D eigenvalue weighted by atomic mass is 35.6. The molecule has 0 atom stereocenters. The van der Waals surface area contributed by atoms with Gasteiger partial charge in [0.25, 0.3) is 0 Å². The van der Waals surface area contributed by atoms with Crippen LogP contribution in [0.1, 0.15) is 0 Å². The summed E-state index contributed by atoms with van der Waals surface area (Å²) in [4.78, 5) is 0. The van der Waals surface area contributed by atoms with Crippen molar-refractivity contribution < 1.29 is 5.11 Å². The smallest absolute Gasteiger partial charge is 0.213 e. The molecule has 0 heterocycles. The first-order valence-electron chi connectivity index (χ1n) is 3.20. The molecule has 0 aromatic rings. The zero-order valence-electron chi connectivity index (χ0n) is 7.92. The molecule has 0 fully saturated rings. The van der Waals surface area contributed by atoms with Gasteiger partial charge in [0.1, 0.15) is 0 Å². The first kappa shape index (κ1) is 29.5. The van der Waals surface area contributed by atoms with Gasteiger partial charge in [-0.25, -0.2) is 0 Å². The van der Waals surface area contributed by atoms with Crippen LogP contribution in [-0.2, 0) is 0 Å². The maximum absolute atomic E-state index is 8.01. The van der Waals surface area contributed by atoms with E-state index in [-0.39, 0.29) is 0 Å². The van der Waals surface area contributed by atoms with Crippen molar-refractivity contribution in [1.29, 1.82) is 0 Å². The number of hydrogen-bond donors (Lipinski definition) is 1. The van der Waals surface area contributed by atoms with E-state index in [2.05, 4.69) is 0 Å². The molecule has 13 heteroatoms. The summed E-state index contributed by atoms with van der Waals surface area (Å²) in [6, 6.07) is 0. The van der Waals surface area contributed by atoms with Crippen LogP contribution >= 0.6 is 139 Å². The Kier molecular flexibility index (Phi) is 33.4. The third-order valence-electron chi connectivity index (χ3n) is 0.179. The largest absolute Gasteiger partial charge is 0.392 e. The normalized spacial score (nSPS) is 10.0. The predicted molar refractivity (Wildman–Crippen MR) is 91.4 cm³/mol. The van der Waals surface area contributed by atoms with Crippen molar-refractivity contribution in [3.8, 4) is 0 Å². The minimum Gasteiger partial charge on any atom is -0.392 e. The number of aliphatic hydroxyl groups excluding tert-OH is 1. The van der Waals surface area contributed by atoms with Gasteiger partial charge in [0.2, 0.25) is 3.79 Å². The Labute approximate surface area is 166 Å². The van der Waals surface area contributed by atoms with Crippen LogP contribution in [0.3, 0.4) is 0 Å². The lowest BCUT2D eigenvalue weighted by molar-refractivity contribution is 0.303. The highest BCUT2D eigenvalue weighted by molar-refractivity contribution is 6.67. The molecule has 0 aliphatic heterocycles. The van der Waals surface area contributed by atoms with Crippen LogP contribution in [0.2, 0.25) is 0 Å². The lowest BCUT2D eigenvalue weighted by Crippen LogP contribution is -2.06. The topological polar surface area (TPSA) is 20.2 Å². The quantitative estimate of drug-likeness (QED) is 0.341. The number of halogens is 12. The Balaban J connectivity index is -0.0000000742. The molecule has 0 aliphatic rings. The van der Waals surface area contributed by atoms with Gasteiger partial charge >= 0.3 is 0 Å². The SMILES string of the molecule is ClC(Cl)Cl.ClC(Cl)Cl.ClC(Cl)Cl.OCC(Cl)(Cl)Cl. The standard InChI is InChI=1S/C2H3Cl3O.3CHCl3/c3-2(4,5)1-6;3*2-1(3)4/h6H,1H2;3*1H. The molecule has 0 amide bonds. The van der Waals surface area contributed by atoms with E-state index in [4.69, 9.17) is 144 Å². The van der Waals surface area contributed by atoms with Gasteiger partial charge < -0.3 is 5.11 Å². The first-order valence-corrected chi connectivity index (χ1v) is 8.26. The van der Waals surface area contributed by atoms with Gasteiger partial charge in [-0.05, 0) is 0 Å². The fourth-order valence-electron chi connectivity index (χ4n) is 0. The summed E-state index contributed by atoms with van der Waals surface area (Å²) < 4.78 is -3.74. The predicted octanol–water partition coefficient (Wildman–Crippen LogP) is 7.31. The molecule has 0 saturated carbocycles. The number of alkyl halides is 12. The third kappa shape index (κ3) is 159. The maximum atomic E-state index is 8.01. The molecule has 0 rings (SSSR count). The summed E-state index contributed by atoms with van der Waals surface area (Å²) in [6.07, 6.45) is 0. The Morgan fingerprint density at radius 1 is 0.611 bits per heavy atom. The van der Waals surface area contributed by atoms with E-state index in [0.29, 0.717) is 0 Å². The first-order chi connectivity index (χ1) is 7.76. The fourth-order valence-corrected chi connectivity index (χ4v) is 0. The van der Waals surface area contributed by atoms with E-state index < -0.39 is 23.3 Å². The molecule has 1 N–H and O–H groups in total. The number of hydrogen-bond acceptors (Lipinski definition) is 1. The van der Waals surface area contributed by atoms with Crippen LogP contribution < -0.4 is 0 Å². The van der Waals surface area contributed by atoms with Gasteiger partial charge in [0.05, 0.1) is 6.61 Å². The Morgan fingerprint density at radius 3 is 0.667 bits per heavy atom. The van der Waals surface area contributed by atoms with E-state index in [9.17, 15) is 0 Å². The lowest BCUT2D eigenvalue weighted by Gasteiger charge is -2.01. The molecule has 0 radical (unpaired) electrons. The summed E-state index contributed by atoms with van der Waals surface area (Å²) in [5, 5.41) is 8.01. The van der Waals surface area contributed by atoms with E-state index >= 15 is 0 Å². The van der Waals surface area contributed by atoms with Crippen molar-refractivity contribution >= 4 is 139 Å². The summed E-state index contributed by atoms with van der Waals surface area (Å²) in [6.45, 7) is -0.433. The van der Waals surface area contributed by atoms with E-state index in [1.807, 2.05) is 0 Å². The molecule has 0 unspecified atom stereocenters. The fraction of sp³-hybridized carbons (Fsp3) is 1.00. The van der Waals surface area contributed by atoms with Crippen molar-refractivity contribution in [1.82, 2.24) is 0 Å². The molecular weight excluding hydrogens is 501 g/mol. The van der Waals surface area contributed by atoms with Gasteiger partial charge in [-0.2, -0.15) is 0 Å². The molecular formula is C5H6Cl12O. The maximum Gasteiger partial charge on any atom is 0.213 e. The molecule has 18 heavy (non-hydrogen) atoms. The van der Waals surface area contributed by atoms with E-state index in [1.165, 1.54) is 0 Å². The highest BCUT2D eigenvalue weighted by Crippen LogP contribution is 2.23. The van der Waals surface area contributed by atoms with Crippen molar-refractivity contribution in [3.63, 3.8) is 0 Å². The van der Waals surface area contributed by atoms with Crippen LogP contribution in [-0.4, -0.2) is 28.4 Å². The summed E-state index contributed by atoms with van der Waals surface area (Å²) in [5.74, 6) is 0. The molecule has 0 aromatic heterocycles. The summed E-state index contributed by atoms with van der Waals surface area (Å²) in [7, 11) is 0. The average Bonchev–Trinajstić information content (AvgIpc) is 1.99. The van der Waals surface area contributed by atoms with Gasteiger partial charge in [-0.3, -0.25) is 0 Å². The highest BCUT2D eigenvalue weighted by Gasteiger charge is 2.16. The Hall–Kier alpha value is 3.44. The minimum atomic E-state index is -1.49. The second-order valence-electron chi connectivity index (χ2n) is 1.52. The zero-order valence-corrected chi connectivity index (χ0v) is 17.0. The monoisotopic (exact) mass is 502 g/mol. The van der Waals surface area contributed by atoms with Crippen LogP contribution in [0.25, 0.3) is 0 Å². The van der Waals surface area contributed by atoms with Gasteiger partial charge in [0, 0.05) is 0 Å². The second-order valence-corrected chi connectivity index (χ2v) is 9.97. The Bertz CT molecular complexity index is 110. The van der Waals surface area contributed by atoms with Crippen LogP contribution in [0.5, 0.6) is 0 Å². The van der Waals surface area contributed by atoms with E-state index in [1.54, 1.807) is 0 Å². The van der Waals surface area contributed by atoms with E-state index in [0.717, 1.165) is 0 Å². The van der Waals surface area contributed by atoms with Crippen molar-refractivity contribution in [2.45, 2.75) is 16.7 Å². The van der Waals surface area contributed by atoms with Gasteiger partial charge in [-0.15, -0.1) is 0 Å². The lowest BCUT2D eigenvalue weighted by atomic mass is 10.9. The number of rotatable bonds is 0. The van der Waals surface area contributed by atoms with Crippen LogP contribution in [0, 0.1) is 0 Å². The van der Waals surface area contributed by atoms with Crippen molar-refractivity contribution in [3.05, 3.63) is 0 Å². The zero-order chi connectivity index (χ0) is 15.9. The van der Waals surface area contributed by atoms with Crippen LogP contribution in [0.4, 0.5) is 0 Å². The van der Waals surface area contributed by atoms with Crippen molar-refractivity contribution in [2.75, 3.05) is 6.61 Å². The molecule has 0 aliphatic carbocycles. The third-order valence-corrected chi connectivity index (χ3v) is 0.538. The van der Waals surface area contributed by atoms with Crippen molar-refractivity contribution in [2.24, 2.45) is 0 Å². The molecule has 0 aromatic carbocycles. The molecule has 0 saturated heterocycles. The summed E-state index contributed by atoms with van der Waals surface area (Å²) in [5.41, 5.74) is 0. The Morgan fingerprint density at radius 2 is 0.667 bits per heavy atom. The molecule has 1 nitrogen and oxygen atoms in total. The molecule has 0 spiro atoms. The molecule has 0 bridgehead atoms. The second kappa shape index (κ2) is 20.4. The minimum absolute atomic E-state index is 0.433.